The Balaban J connectivity index is 1.56. The molecule has 1 heterocycles. The number of carbonyl (C=O) groups excluding carboxylic acids is 2. The van der Waals surface area contributed by atoms with Gasteiger partial charge in [0.2, 0.25) is 5.91 Å². The van der Waals surface area contributed by atoms with Gasteiger partial charge in [-0.1, -0.05) is 25.4 Å². The Hall–Kier alpha value is -2.73. The Morgan fingerprint density at radius 1 is 1.00 bits per heavy atom. The van der Waals surface area contributed by atoms with Crippen molar-refractivity contribution in [2.75, 3.05) is 43.0 Å². The van der Waals surface area contributed by atoms with Gasteiger partial charge in [0, 0.05) is 43.9 Å². The lowest BCUT2D eigenvalue weighted by molar-refractivity contribution is -0.116. The molecular formula is C24H30ClN3O3. The number of anilines is 2. The third kappa shape index (κ3) is 6.14. The van der Waals surface area contributed by atoms with Crippen LogP contribution in [-0.4, -0.2) is 49.5 Å². The zero-order valence-electron chi connectivity index (χ0n) is 18.2. The Bertz CT molecular complexity index is 893. The summed E-state index contributed by atoms with van der Waals surface area (Å²) in [6, 6.07) is 12.9. The van der Waals surface area contributed by atoms with Crippen LogP contribution in [0, 0.1) is 0 Å². The van der Waals surface area contributed by atoms with Crippen molar-refractivity contribution in [3.8, 4) is 5.75 Å². The van der Waals surface area contributed by atoms with Gasteiger partial charge < -0.3 is 19.9 Å². The van der Waals surface area contributed by atoms with Crippen molar-refractivity contribution in [3.63, 3.8) is 0 Å². The highest BCUT2D eigenvalue weighted by Crippen LogP contribution is 2.30. The second-order valence-electron chi connectivity index (χ2n) is 7.62. The first-order valence-corrected chi connectivity index (χ1v) is 11.3. The molecule has 6 nitrogen and oxygen atoms in total. The van der Waals surface area contributed by atoms with Gasteiger partial charge in [-0.15, -0.1) is 0 Å². The fourth-order valence-electron chi connectivity index (χ4n) is 3.54. The molecule has 0 saturated carbocycles. The first-order chi connectivity index (χ1) is 15.0. The lowest BCUT2D eigenvalue weighted by atomic mass is 10.1. The molecule has 1 fully saturated rings. The summed E-state index contributed by atoms with van der Waals surface area (Å²) in [5.41, 5.74) is 2.29. The molecule has 0 radical (unpaired) electrons. The summed E-state index contributed by atoms with van der Waals surface area (Å²) in [5.74, 6) is 0.803. The second kappa shape index (κ2) is 11.0. The topological polar surface area (TPSA) is 61.9 Å². The van der Waals surface area contributed by atoms with E-state index in [4.69, 9.17) is 16.3 Å². The van der Waals surface area contributed by atoms with Crippen LogP contribution in [0.15, 0.2) is 42.5 Å². The minimum absolute atomic E-state index is 0.0107. The molecule has 31 heavy (non-hydrogen) atoms. The van der Waals surface area contributed by atoms with Crippen LogP contribution in [0.2, 0.25) is 5.02 Å². The summed E-state index contributed by atoms with van der Waals surface area (Å²) >= 11 is 6.48. The molecule has 0 aliphatic carbocycles. The van der Waals surface area contributed by atoms with E-state index in [1.165, 1.54) is 0 Å². The predicted octanol–water partition coefficient (Wildman–Crippen LogP) is 4.83. The summed E-state index contributed by atoms with van der Waals surface area (Å²) in [5, 5.41) is 3.46. The number of nitrogens with one attached hydrogen (secondary N) is 1. The highest BCUT2D eigenvalue weighted by molar-refractivity contribution is 6.33. The molecule has 2 aromatic rings. The highest BCUT2D eigenvalue weighted by Gasteiger charge is 2.23. The zero-order chi connectivity index (χ0) is 22.2. The lowest BCUT2D eigenvalue weighted by Gasteiger charge is -2.36. The van der Waals surface area contributed by atoms with Crippen LogP contribution in [0.3, 0.4) is 0 Å². The number of nitrogens with zero attached hydrogens (tertiary/aromatic N) is 2. The van der Waals surface area contributed by atoms with Gasteiger partial charge in [-0.2, -0.15) is 0 Å². The van der Waals surface area contributed by atoms with E-state index in [9.17, 15) is 9.59 Å². The van der Waals surface area contributed by atoms with Crippen LogP contribution in [-0.2, 0) is 4.79 Å². The van der Waals surface area contributed by atoms with Crippen molar-refractivity contribution in [2.45, 2.75) is 33.1 Å². The summed E-state index contributed by atoms with van der Waals surface area (Å²) < 4.78 is 5.58. The molecule has 1 N–H and O–H groups in total. The molecule has 0 bridgehead atoms. The number of benzene rings is 2. The third-order valence-corrected chi connectivity index (χ3v) is 5.49. The van der Waals surface area contributed by atoms with Gasteiger partial charge in [0.1, 0.15) is 5.75 Å². The smallest absolute Gasteiger partial charge is 0.253 e. The third-order valence-electron chi connectivity index (χ3n) is 5.19. The van der Waals surface area contributed by atoms with Crippen LogP contribution in [0.25, 0.3) is 0 Å². The zero-order valence-corrected chi connectivity index (χ0v) is 19.0. The number of halogens is 1. The van der Waals surface area contributed by atoms with Crippen molar-refractivity contribution in [3.05, 3.63) is 53.1 Å². The maximum absolute atomic E-state index is 12.8. The minimum Gasteiger partial charge on any atom is -0.494 e. The first-order valence-electron chi connectivity index (χ1n) is 10.9. The predicted molar refractivity (Wildman–Crippen MR) is 125 cm³/mol. The molecule has 2 aromatic carbocycles. The second-order valence-corrected chi connectivity index (χ2v) is 8.02. The molecule has 0 atom stereocenters. The Kier molecular flexibility index (Phi) is 8.18. The molecule has 0 unspecified atom stereocenters. The molecular weight excluding hydrogens is 414 g/mol. The number of hydrogen-bond donors (Lipinski definition) is 1. The quantitative estimate of drug-likeness (QED) is 0.634. The summed E-state index contributed by atoms with van der Waals surface area (Å²) in [6.45, 7) is 7.34. The molecule has 1 aliphatic heterocycles. The average molecular weight is 444 g/mol. The van der Waals surface area contributed by atoms with Gasteiger partial charge in [-0.3, -0.25) is 9.59 Å². The largest absolute Gasteiger partial charge is 0.494 e. The number of amides is 2. The van der Waals surface area contributed by atoms with E-state index < -0.39 is 0 Å². The number of rotatable bonds is 8. The first kappa shape index (κ1) is 22.9. The molecule has 0 aromatic heterocycles. The van der Waals surface area contributed by atoms with Gasteiger partial charge in [0.25, 0.3) is 5.91 Å². The number of ether oxygens (including phenoxy) is 1. The van der Waals surface area contributed by atoms with Gasteiger partial charge in [0.15, 0.2) is 0 Å². The normalized spacial score (nSPS) is 13.8. The van der Waals surface area contributed by atoms with Crippen molar-refractivity contribution in [2.24, 2.45) is 0 Å². The van der Waals surface area contributed by atoms with Crippen molar-refractivity contribution < 1.29 is 14.3 Å². The van der Waals surface area contributed by atoms with Gasteiger partial charge in [0.05, 0.1) is 17.3 Å². The number of hydrogen-bond acceptors (Lipinski definition) is 4. The maximum atomic E-state index is 12.8. The molecule has 2 amide bonds. The summed E-state index contributed by atoms with van der Waals surface area (Å²) in [7, 11) is 0. The van der Waals surface area contributed by atoms with Crippen LogP contribution in [0.5, 0.6) is 5.75 Å². The highest BCUT2D eigenvalue weighted by atomic mass is 35.5. The molecule has 0 spiro atoms. The van der Waals surface area contributed by atoms with Gasteiger partial charge >= 0.3 is 0 Å². The van der Waals surface area contributed by atoms with E-state index in [0.29, 0.717) is 55.5 Å². The molecule has 1 aliphatic rings. The van der Waals surface area contributed by atoms with Crippen LogP contribution < -0.4 is 15.0 Å². The summed E-state index contributed by atoms with van der Waals surface area (Å²) in [6.07, 6.45) is 2.24. The fourth-order valence-corrected chi connectivity index (χ4v) is 3.84. The van der Waals surface area contributed by atoms with E-state index in [1.807, 2.05) is 48.2 Å². The van der Waals surface area contributed by atoms with E-state index in [0.717, 1.165) is 24.3 Å². The standard InChI is InChI=1S/C24H30ClN3O3/c1-3-5-23(29)26-19-8-11-22(21(25)17-19)27-12-14-28(15-13-27)24(30)18-6-9-20(10-7-18)31-16-4-2/h6-11,17H,3-5,12-16H2,1-2H3,(H,26,29). The van der Waals surface area contributed by atoms with E-state index in [-0.39, 0.29) is 11.8 Å². The Morgan fingerprint density at radius 2 is 1.71 bits per heavy atom. The number of carbonyl (C=O) groups is 2. The monoisotopic (exact) mass is 443 g/mol. The van der Waals surface area contributed by atoms with Crippen molar-refractivity contribution in [1.29, 1.82) is 0 Å². The maximum Gasteiger partial charge on any atom is 0.253 e. The molecule has 7 heteroatoms. The molecule has 3 rings (SSSR count). The van der Waals surface area contributed by atoms with Gasteiger partial charge in [-0.25, -0.2) is 0 Å². The van der Waals surface area contributed by atoms with E-state index >= 15 is 0 Å². The van der Waals surface area contributed by atoms with Crippen LogP contribution in [0.1, 0.15) is 43.5 Å². The van der Waals surface area contributed by atoms with Gasteiger partial charge in [-0.05, 0) is 55.3 Å². The minimum atomic E-state index is -0.0107. The Morgan fingerprint density at radius 3 is 2.32 bits per heavy atom. The Labute approximate surface area is 189 Å². The van der Waals surface area contributed by atoms with E-state index in [1.54, 1.807) is 6.07 Å². The van der Waals surface area contributed by atoms with E-state index in [2.05, 4.69) is 17.1 Å². The molecule has 166 valence electrons. The fraction of sp³-hybridized carbons (Fsp3) is 0.417. The van der Waals surface area contributed by atoms with Crippen molar-refractivity contribution >= 4 is 34.8 Å². The number of piperazine rings is 1. The van der Waals surface area contributed by atoms with Crippen LogP contribution >= 0.6 is 11.6 Å². The molecule has 1 saturated heterocycles. The lowest BCUT2D eigenvalue weighted by Crippen LogP contribution is -2.48. The SMILES string of the molecule is CCCOc1ccc(C(=O)N2CCN(c3ccc(NC(=O)CCC)cc3Cl)CC2)cc1. The van der Waals surface area contributed by atoms with Crippen LogP contribution in [0.4, 0.5) is 11.4 Å². The average Bonchev–Trinajstić information content (AvgIpc) is 2.78. The van der Waals surface area contributed by atoms with Crippen molar-refractivity contribution in [1.82, 2.24) is 4.90 Å². The summed E-state index contributed by atoms with van der Waals surface area (Å²) in [4.78, 5) is 28.7.